The molecule has 0 aliphatic carbocycles. The van der Waals surface area contributed by atoms with Gasteiger partial charge in [0.05, 0.1) is 18.2 Å². The normalized spacial score (nSPS) is 14.2. The Morgan fingerprint density at radius 1 is 1.07 bits per heavy atom. The summed E-state index contributed by atoms with van der Waals surface area (Å²) in [5.74, 6) is -0.699. The number of rotatable bonds is 5. The summed E-state index contributed by atoms with van der Waals surface area (Å²) in [5, 5.41) is 14.2. The highest BCUT2D eigenvalue weighted by Crippen LogP contribution is 2.19. The Labute approximate surface area is 164 Å². The van der Waals surface area contributed by atoms with Gasteiger partial charge in [0.25, 0.3) is 5.91 Å². The number of hydrogen-bond donors (Lipinski definition) is 2. The van der Waals surface area contributed by atoms with Gasteiger partial charge in [-0.3, -0.25) is 9.59 Å². The van der Waals surface area contributed by atoms with E-state index in [0.717, 1.165) is 31.9 Å². The number of hydrogen-bond acceptors (Lipinski definition) is 5. The maximum absolute atomic E-state index is 12.1. The van der Waals surface area contributed by atoms with Crippen molar-refractivity contribution >= 4 is 23.2 Å². The zero-order chi connectivity index (χ0) is 19.9. The van der Waals surface area contributed by atoms with E-state index in [4.69, 9.17) is 5.26 Å². The lowest BCUT2D eigenvalue weighted by Crippen LogP contribution is -2.44. The lowest BCUT2D eigenvalue weighted by Gasteiger charge is -2.34. The van der Waals surface area contributed by atoms with Gasteiger partial charge >= 0.3 is 0 Å². The molecule has 2 amide bonds. The molecule has 3 rings (SSSR count). The van der Waals surface area contributed by atoms with Crippen molar-refractivity contribution in [3.05, 3.63) is 59.7 Å². The molecule has 2 N–H and O–H groups in total. The summed E-state index contributed by atoms with van der Waals surface area (Å²) in [6.45, 7) is 3.91. The van der Waals surface area contributed by atoms with Gasteiger partial charge in [0.15, 0.2) is 0 Å². The van der Waals surface area contributed by atoms with E-state index in [1.807, 2.05) is 30.3 Å². The number of anilines is 2. The van der Waals surface area contributed by atoms with Gasteiger partial charge < -0.3 is 20.4 Å². The van der Waals surface area contributed by atoms with E-state index in [9.17, 15) is 9.59 Å². The van der Waals surface area contributed by atoms with Crippen LogP contribution < -0.4 is 15.5 Å². The number of benzene rings is 2. The average molecular weight is 377 g/mol. The molecule has 1 aliphatic heterocycles. The number of nitriles is 1. The Hall–Kier alpha value is -3.37. The van der Waals surface area contributed by atoms with Crippen molar-refractivity contribution in [3.63, 3.8) is 0 Å². The number of nitrogens with one attached hydrogen (secondary N) is 2. The Kier molecular flexibility index (Phi) is 6.25. The van der Waals surface area contributed by atoms with Crippen LogP contribution in [-0.2, 0) is 4.79 Å². The molecule has 1 heterocycles. The first-order chi connectivity index (χ1) is 13.5. The molecular weight excluding hydrogens is 354 g/mol. The summed E-state index contributed by atoms with van der Waals surface area (Å²) >= 11 is 0. The molecule has 2 aromatic carbocycles. The van der Waals surface area contributed by atoms with E-state index in [0.29, 0.717) is 16.8 Å². The predicted molar refractivity (Wildman–Crippen MR) is 108 cm³/mol. The van der Waals surface area contributed by atoms with Crippen LogP contribution in [0.2, 0.25) is 0 Å². The van der Waals surface area contributed by atoms with E-state index in [1.54, 1.807) is 18.2 Å². The van der Waals surface area contributed by atoms with E-state index in [-0.39, 0.29) is 12.5 Å². The lowest BCUT2D eigenvalue weighted by atomic mass is 10.1. The molecule has 0 atom stereocenters. The highest BCUT2D eigenvalue weighted by atomic mass is 16.2. The van der Waals surface area contributed by atoms with Crippen molar-refractivity contribution in [3.8, 4) is 6.07 Å². The molecule has 0 aromatic heterocycles. The van der Waals surface area contributed by atoms with Gasteiger partial charge in [-0.15, -0.1) is 0 Å². The van der Waals surface area contributed by atoms with Crippen LogP contribution in [0.25, 0.3) is 0 Å². The predicted octanol–water partition coefficient (Wildman–Crippen LogP) is 1.68. The first-order valence-electron chi connectivity index (χ1n) is 9.17. The molecule has 28 heavy (non-hydrogen) atoms. The minimum Gasteiger partial charge on any atom is -0.369 e. The molecule has 1 fully saturated rings. The first-order valence-corrected chi connectivity index (χ1v) is 9.17. The maximum atomic E-state index is 12.1. The Morgan fingerprint density at radius 3 is 2.46 bits per heavy atom. The van der Waals surface area contributed by atoms with Gasteiger partial charge in [-0.2, -0.15) is 5.26 Å². The van der Waals surface area contributed by atoms with Crippen molar-refractivity contribution in [1.29, 1.82) is 5.26 Å². The van der Waals surface area contributed by atoms with Gasteiger partial charge in [-0.05, 0) is 49.5 Å². The summed E-state index contributed by atoms with van der Waals surface area (Å²) in [5.41, 5.74) is 2.57. The largest absolute Gasteiger partial charge is 0.369 e. The fraction of sp³-hybridized carbons (Fsp3) is 0.286. The van der Waals surface area contributed by atoms with Crippen LogP contribution in [0.3, 0.4) is 0 Å². The Bertz CT molecular complexity index is 880. The zero-order valence-electron chi connectivity index (χ0n) is 15.8. The quantitative estimate of drug-likeness (QED) is 0.828. The number of carbonyl (C=O) groups excluding carboxylic acids is 2. The SMILES string of the molecule is CN1CCN(c2ccc(NC(=O)CNC(=O)c3cccc(C#N)c3)cc2)CC1. The standard InChI is InChI=1S/C21H23N5O2/c1-25-9-11-26(12-10-25)19-7-5-18(6-8-19)24-20(27)15-23-21(28)17-4-2-3-16(13-17)14-22/h2-8,13H,9-12,15H2,1H3,(H,23,28)(H,24,27). The second kappa shape index (κ2) is 9.02. The molecule has 7 heteroatoms. The van der Waals surface area contributed by atoms with Gasteiger partial charge in [0, 0.05) is 43.1 Å². The van der Waals surface area contributed by atoms with Crippen molar-refractivity contribution in [2.45, 2.75) is 0 Å². The van der Waals surface area contributed by atoms with Crippen molar-refractivity contribution in [1.82, 2.24) is 10.2 Å². The van der Waals surface area contributed by atoms with E-state index in [2.05, 4.69) is 27.5 Å². The van der Waals surface area contributed by atoms with Crippen LogP contribution in [0.4, 0.5) is 11.4 Å². The second-order valence-corrected chi connectivity index (χ2v) is 6.76. The third-order valence-corrected chi connectivity index (χ3v) is 4.68. The van der Waals surface area contributed by atoms with Crippen molar-refractivity contribution in [2.24, 2.45) is 0 Å². The third kappa shape index (κ3) is 5.09. The molecular formula is C21H23N5O2. The minimum atomic E-state index is -0.391. The lowest BCUT2D eigenvalue weighted by molar-refractivity contribution is -0.115. The number of carbonyl (C=O) groups is 2. The molecule has 0 bridgehead atoms. The van der Waals surface area contributed by atoms with E-state index < -0.39 is 5.91 Å². The summed E-state index contributed by atoms with van der Waals surface area (Å²) in [7, 11) is 2.12. The van der Waals surface area contributed by atoms with E-state index >= 15 is 0 Å². The summed E-state index contributed by atoms with van der Waals surface area (Å²) in [4.78, 5) is 28.8. The molecule has 1 aliphatic rings. The van der Waals surface area contributed by atoms with Gasteiger partial charge in [0.2, 0.25) is 5.91 Å². The molecule has 0 radical (unpaired) electrons. The van der Waals surface area contributed by atoms with Gasteiger partial charge in [-0.25, -0.2) is 0 Å². The Balaban J connectivity index is 1.49. The molecule has 2 aromatic rings. The monoisotopic (exact) mass is 377 g/mol. The van der Waals surface area contributed by atoms with Crippen LogP contribution in [0.15, 0.2) is 48.5 Å². The fourth-order valence-electron chi connectivity index (χ4n) is 3.02. The average Bonchev–Trinajstić information content (AvgIpc) is 2.73. The smallest absolute Gasteiger partial charge is 0.251 e. The number of nitrogens with zero attached hydrogens (tertiary/aromatic N) is 3. The minimum absolute atomic E-state index is 0.143. The number of amides is 2. The first kappa shape index (κ1) is 19.4. The highest BCUT2D eigenvalue weighted by molar-refractivity contribution is 5.99. The Morgan fingerprint density at radius 2 is 1.79 bits per heavy atom. The summed E-state index contributed by atoms with van der Waals surface area (Å²) in [6, 6.07) is 16.0. The van der Waals surface area contributed by atoms with E-state index in [1.165, 1.54) is 6.07 Å². The summed E-state index contributed by atoms with van der Waals surface area (Å²) in [6.07, 6.45) is 0. The molecule has 1 saturated heterocycles. The molecule has 0 saturated carbocycles. The fourth-order valence-corrected chi connectivity index (χ4v) is 3.02. The molecule has 0 unspecified atom stereocenters. The maximum Gasteiger partial charge on any atom is 0.251 e. The van der Waals surface area contributed by atoms with Crippen molar-refractivity contribution in [2.75, 3.05) is 50.0 Å². The zero-order valence-corrected chi connectivity index (χ0v) is 15.8. The van der Waals surface area contributed by atoms with Crippen LogP contribution in [0.1, 0.15) is 15.9 Å². The third-order valence-electron chi connectivity index (χ3n) is 4.68. The topological polar surface area (TPSA) is 88.5 Å². The molecule has 7 nitrogen and oxygen atoms in total. The van der Waals surface area contributed by atoms with Crippen LogP contribution >= 0.6 is 0 Å². The molecule has 0 spiro atoms. The highest BCUT2D eigenvalue weighted by Gasteiger charge is 2.14. The number of likely N-dealkylation sites (N-methyl/N-ethyl adjacent to an activating group) is 1. The van der Waals surface area contributed by atoms with Crippen LogP contribution in [0, 0.1) is 11.3 Å². The van der Waals surface area contributed by atoms with Crippen molar-refractivity contribution < 1.29 is 9.59 Å². The summed E-state index contributed by atoms with van der Waals surface area (Å²) < 4.78 is 0. The second-order valence-electron chi connectivity index (χ2n) is 6.76. The van der Waals surface area contributed by atoms with Gasteiger partial charge in [-0.1, -0.05) is 6.07 Å². The molecule has 144 valence electrons. The van der Waals surface area contributed by atoms with Crippen LogP contribution in [-0.4, -0.2) is 56.5 Å². The van der Waals surface area contributed by atoms with Crippen LogP contribution in [0.5, 0.6) is 0 Å². The van der Waals surface area contributed by atoms with Gasteiger partial charge in [0.1, 0.15) is 0 Å². The number of piperazine rings is 1.